The fourth-order valence-electron chi connectivity index (χ4n) is 2.10. The smallest absolute Gasteiger partial charge is 0.326 e. The van der Waals surface area contributed by atoms with Crippen LogP contribution in [0.1, 0.15) is 33.1 Å². The first kappa shape index (κ1) is 24.1. The van der Waals surface area contributed by atoms with Gasteiger partial charge in [0.25, 0.3) is 0 Å². The van der Waals surface area contributed by atoms with Gasteiger partial charge in [0.1, 0.15) is 12.1 Å². The Kier molecular flexibility index (Phi) is 10.4. The van der Waals surface area contributed by atoms with E-state index in [2.05, 4.69) is 15.6 Å². The normalized spacial score (nSPS) is 13.9. The number of carboxylic acids is 2. The standard InChI is InChI=1S/C15H28N6O6/c1-7(2)11(14(26)27)21-13(25)9(4-3-5-19-15(17)18)20-12(24)8(16)6-10(22)23/h7-9,11H,3-6,16H2,1-2H3,(H,20,24)(H,21,25)(H,22,23)(H,26,27)(H4,17,18,19). The van der Waals surface area contributed by atoms with E-state index >= 15 is 0 Å². The molecule has 0 aromatic heterocycles. The lowest BCUT2D eigenvalue weighted by molar-refractivity contribution is -0.144. The second-order valence-corrected chi connectivity index (χ2v) is 6.28. The van der Waals surface area contributed by atoms with Crippen molar-refractivity contribution in [2.24, 2.45) is 28.1 Å². The number of carbonyl (C=O) groups excluding carboxylic acids is 2. The molecule has 0 rings (SSSR count). The quantitative estimate of drug-likeness (QED) is 0.107. The molecule has 0 heterocycles. The van der Waals surface area contributed by atoms with Crippen LogP contribution in [0, 0.1) is 5.92 Å². The van der Waals surface area contributed by atoms with Crippen LogP contribution in [0.3, 0.4) is 0 Å². The van der Waals surface area contributed by atoms with Crippen LogP contribution >= 0.6 is 0 Å². The number of aliphatic carboxylic acids is 2. The van der Waals surface area contributed by atoms with E-state index in [1.165, 1.54) is 0 Å². The summed E-state index contributed by atoms with van der Waals surface area (Å²) >= 11 is 0. The summed E-state index contributed by atoms with van der Waals surface area (Å²) in [6.07, 6.45) is -0.208. The van der Waals surface area contributed by atoms with Crippen molar-refractivity contribution >= 4 is 29.7 Å². The Labute approximate surface area is 156 Å². The number of hydrogen-bond donors (Lipinski definition) is 7. The lowest BCUT2D eigenvalue weighted by Crippen LogP contribution is -2.55. The van der Waals surface area contributed by atoms with Crippen molar-refractivity contribution in [1.29, 1.82) is 0 Å². The largest absolute Gasteiger partial charge is 0.481 e. The van der Waals surface area contributed by atoms with Gasteiger partial charge < -0.3 is 38.0 Å². The number of hydrogen-bond acceptors (Lipinski definition) is 6. The number of carbonyl (C=O) groups is 4. The second-order valence-electron chi connectivity index (χ2n) is 6.28. The van der Waals surface area contributed by atoms with Crippen molar-refractivity contribution in [1.82, 2.24) is 10.6 Å². The van der Waals surface area contributed by atoms with Gasteiger partial charge in [-0.05, 0) is 18.8 Å². The number of rotatable bonds is 12. The zero-order chi connectivity index (χ0) is 21.1. The third kappa shape index (κ3) is 9.99. The van der Waals surface area contributed by atoms with Gasteiger partial charge in [-0.1, -0.05) is 13.8 Å². The fourth-order valence-corrected chi connectivity index (χ4v) is 2.10. The molecule has 154 valence electrons. The van der Waals surface area contributed by atoms with Crippen molar-refractivity contribution < 1.29 is 29.4 Å². The first-order valence-corrected chi connectivity index (χ1v) is 8.32. The number of nitrogens with one attached hydrogen (secondary N) is 2. The molecule has 0 aliphatic heterocycles. The average molecular weight is 388 g/mol. The molecule has 0 aromatic rings. The van der Waals surface area contributed by atoms with E-state index in [4.69, 9.17) is 22.3 Å². The van der Waals surface area contributed by atoms with Gasteiger partial charge in [0.15, 0.2) is 5.96 Å². The van der Waals surface area contributed by atoms with Gasteiger partial charge >= 0.3 is 11.9 Å². The molecule has 0 fully saturated rings. The molecule has 0 saturated carbocycles. The monoisotopic (exact) mass is 388 g/mol. The van der Waals surface area contributed by atoms with Crippen LogP contribution in [0.25, 0.3) is 0 Å². The summed E-state index contributed by atoms with van der Waals surface area (Å²) in [4.78, 5) is 50.1. The Balaban J connectivity index is 5.12. The number of nitrogens with zero attached hydrogens (tertiary/aromatic N) is 1. The zero-order valence-electron chi connectivity index (χ0n) is 15.3. The topological polar surface area (TPSA) is 223 Å². The van der Waals surface area contributed by atoms with Crippen LogP contribution in [-0.4, -0.2) is 64.6 Å². The van der Waals surface area contributed by atoms with Crippen LogP contribution < -0.4 is 27.8 Å². The average Bonchev–Trinajstić information content (AvgIpc) is 2.53. The Morgan fingerprint density at radius 1 is 1.04 bits per heavy atom. The predicted octanol–water partition coefficient (Wildman–Crippen LogP) is -2.45. The van der Waals surface area contributed by atoms with Crippen molar-refractivity contribution in [2.75, 3.05) is 6.54 Å². The number of carboxylic acid groups (broad SMARTS) is 2. The molecule has 0 aliphatic carbocycles. The minimum Gasteiger partial charge on any atom is -0.481 e. The number of nitrogens with two attached hydrogens (primary N) is 3. The molecule has 12 heteroatoms. The van der Waals surface area contributed by atoms with Crippen molar-refractivity contribution in [2.45, 2.75) is 51.2 Å². The van der Waals surface area contributed by atoms with E-state index in [9.17, 15) is 24.3 Å². The molecular formula is C15H28N6O6. The number of aliphatic imine (C=N–C) groups is 1. The van der Waals surface area contributed by atoms with Crippen molar-refractivity contribution in [3.05, 3.63) is 0 Å². The van der Waals surface area contributed by atoms with E-state index in [1.54, 1.807) is 13.8 Å². The summed E-state index contributed by atoms with van der Waals surface area (Å²) in [5, 5.41) is 22.6. The molecule has 0 spiro atoms. The maximum atomic E-state index is 12.4. The lowest BCUT2D eigenvalue weighted by atomic mass is 10.0. The molecule has 0 bridgehead atoms. The van der Waals surface area contributed by atoms with Crippen LogP contribution in [-0.2, 0) is 19.2 Å². The molecule has 0 aliphatic rings. The second kappa shape index (κ2) is 11.7. The molecular weight excluding hydrogens is 360 g/mol. The Morgan fingerprint density at radius 2 is 1.63 bits per heavy atom. The Bertz CT molecular complexity index is 575. The number of guanidine groups is 1. The molecule has 0 aromatic carbocycles. The first-order chi connectivity index (χ1) is 12.5. The van der Waals surface area contributed by atoms with Gasteiger partial charge in [-0.15, -0.1) is 0 Å². The van der Waals surface area contributed by atoms with E-state index in [-0.39, 0.29) is 18.9 Å². The lowest BCUT2D eigenvalue weighted by Gasteiger charge is -2.24. The highest BCUT2D eigenvalue weighted by Gasteiger charge is 2.29. The minimum atomic E-state index is -1.35. The number of amides is 2. The third-order valence-corrected chi connectivity index (χ3v) is 3.54. The van der Waals surface area contributed by atoms with Gasteiger partial charge in [0.05, 0.1) is 12.5 Å². The van der Waals surface area contributed by atoms with Gasteiger partial charge in [0.2, 0.25) is 11.8 Å². The Morgan fingerprint density at radius 3 is 2.07 bits per heavy atom. The highest BCUT2D eigenvalue weighted by Crippen LogP contribution is 2.05. The summed E-state index contributed by atoms with van der Waals surface area (Å²) in [7, 11) is 0. The molecule has 12 nitrogen and oxygen atoms in total. The maximum Gasteiger partial charge on any atom is 0.326 e. The minimum absolute atomic E-state index is 0.0958. The van der Waals surface area contributed by atoms with Crippen LogP contribution in [0.5, 0.6) is 0 Å². The highest BCUT2D eigenvalue weighted by atomic mass is 16.4. The highest BCUT2D eigenvalue weighted by molar-refractivity contribution is 5.92. The third-order valence-electron chi connectivity index (χ3n) is 3.54. The molecule has 2 amide bonds. The molecule has 0 radical (unpaired) electrons. The summed E-state index contributed by atoms with van der Waals surface area (Å²) in [6, 6.07) is -3.62. The molecule has 3 unspecified atom stereocenters. The van der Waals surface area contributed by atoms with Gasteiger partial charge in [-0.3, -0.25) is 19.4 Å². The summed E-state index contributed by atoms with van der Waals surface area (Å²) < 4.78 is 0. The first-order valence-electron chi connectivity index (χ1n) is 8.32. The maximum absolute atomic E-state index is 12.4. The van der Waals surface area contributed by atoms with Gasteiger partial charge in [-0.2, -0.15) is 0 Å². The SMILES string of the molecule is CC(C)C(NC(=O)C(CCCN=C(N)N)NC(=O)C(N)CC(=O)O)C(=O)O. The molecule has 0 saturated heterocycles. The Hall–Kier alpha value is -2.89. The predicted molar refractivity (Wildman–Crippen MR) is 96.5 cm³/mol. The fraction of sp³-hybridized carbons (Fsp3) is 0.667. The van der Waals surface area contributed by atoms with Crippen LogP contribution in [0.2, 0.25) is 0 Å². The van der Waals surface area contributed by atoms with E-state index in [0.717, 1.165) is 0 Å². The molecule has 3 atom stereocenters. The van der Waals surface area contributed by atoms with Crippen molar-refractivity contribution in [3.8, 4) is 0 Å². The van der Waals surface area contributed by atoms with Gasteiger partial charge in [0, 0.05) is 6.54 Å². The van der Waals surface area contributed by atoms with E-state index < -0.39 is 54.2 Å². The summed E-state index contributed by atoms with van der Waals surface area (Å²) in [6.45, 7) is 3.43. The zero-order valence-corrected chi connectivity index (χ0v) is 15.3. The van der Waals surface area contributed by atoms with E-state index in [1.807, 2.05) is 0 Å². The molecule has 27 heavy (non-hydrogen) atoms. The molecule has 10 N–H and O–H groups in total. The summed E-state index contributed by atoms with van der Waals surface area (Å²) in [5.41, 5.74) is 15.9. The van der Waals surface area contributed by atoms with Crippen molar-refractivity contribution in [3.63, 3.8) is 0 Å². The van der Waals surface area contributed by atoms with Crippen LogP contribution in [0.15, 0.2) is 4.99 Å². The van der Waals surface area contributed by atoms with E-state index in [0.29, 0.717) is 6.42 Å². The van der Waals surface area contributed by atoms with Gasteiger partial charge in [-0.25, -0.2) is 4.79 Å². The summed E-state index contributed by atoms with van der Waals surface area (Å²) in [5.74, 6) is -4.57. The van der Waals surface area contributed by atoms with Crippen LogP contribution in [0.4, 0.5) is 0 Å².